The van der Waals surface area contributed by atoms with Gasteiger partial charge in [0.15, 0.2) is 0 Å². The van der Waals surface area contributed by atoms with Crippen molar-refractivity contribution in [2.24, 2.45) is 11.8 Å². The zero-order valence-corrected chi connectivity index (χ0v) is 10.3. The Morgan fingerprint density at radius 2 is 1.82 bits per heavy atom. The maximum Gasteiger partial charge on any atom is 0.223 e. The summed E-state index contributed by atoms with van der Waals surface area (Å²) < 4.78 is 0. The van der Waals surface area contributed by atoms with Gasteiger partial charge in [0.25, 0.3) is 0 Å². The Kier molecular flexibility index (Phi) is 2.65. The van der Waals surface area contributed by atoms with Crippen molar-refractivity contribution in [3.05, 3.63) is 35.4 Å². The highest BCUT2D eigenvalue weighted by atomic mass is 16.2. The maximum atomic E-state index is 11.9. The van der Waals surface area contributed by atoms with E-state index in [0.717, 1.165) is 12.8 Å². The van der Waals surface area contributed by atoms with Gasteiger partial charge in [-0.2, -0.15) is 0 Å². The first kappa shape index (κ1) is 10.8. The van der Waals surface area contributed by atoms with E-state index in [0.29, 0.717) is 11.8 Å². The zero-order valence-electron chi connectivity index (χ0n) is 10.3. The number of rotatable bonds is 4. The van der Waals surface area contributed by atoms with Crippen LogP contribution in [0, 0.1) is 18.8 Å². The normalized spacial score (nSPS) is 21.0. The van der Waals surface area contributed by atoms with Crippen LogP contribution in [0.5, 0.6) is 0 Å². The first-order valence-electron chi connectivity index (χ1n) is 6.61. The van der Waals surface area contributed by atoms with Crippen LogP contribution in [0.4, 0.5) is 0 Å². The van der Waals surface area contributed by atoms with E-state index < -0.39 is 0 Å². The van der Waals surface area contributed by atoms with Gasteiger partial charge in [0.05, 0.1) is 6.04 Å². The minimum Gasteiger partial charge on any atom is -0.349 e. The van der Waals surface area contributed by atoms with Crippen molar-refractivity contribution in [2.75, 3.05) is 0 Å². The third-order valence-electron chi connectivity index (χ3n) is 3.78. The lowest BCUT2D eigenvalue weighted by Gasteiger charge is -2.19. The van der Waals surface area contributed by atoms with Gasteiger partial charge in [-0.1, -0.05) is 29.8 Å². The second kappa shape index (κ2) is 4.17. The standard InChI is InChI=1S/C15H19NO/c1-10-2-4-11(5-3-10)14(12-6-7-12)16-15(17)13-8-9-13/h2-5,12-14H,6-9H2,1H3,(H,16,17)/t14-/m1/s1. The summed E-state index contributed by atoms with van der Waals surface area (Å²) in [7, 11) is 0. The quantitative estimate of drug-likeness (QED) is 0.845. The summed E-state index contributed by atoms with van der Waals surface area (Å²) in [4.78, 5) is 11.9. The molecule has 0 saturated heterocycles. The minimum atomic E-state index is 0.253. The molecule has 2 nitrogen and oxygen atoms in total. The molecule has 90 valence electrons. The lowest BCUT2D eigenvalue weighted by atomic mass is 10.0. The Morgan fingerprint density at radius 1 is 1.18 bits per heavy atom. The Bertz CT molecular complexity index is 415. The third kappa shape index (κ3) is 2.51. The number of aryl methyl sites for hydroxylation is 1. The molecule has 3 rings (SSSR count). The smallest absolute Gasteiger partial charge is 0.223 e. The fourth-order valence-corrected chi connectivity index (χ4v) is 2.29. The Morgan fingerprint density at radius 3 is 2.35 bits per heavy atom. The molecule has 2 saturated carbocycles. The van der Waals surface area contributed by atoms with E-state index in [4.69, 9.17) is 0 Å². The van der Waals surface area contributed by atoms with Crippen molar-refractivity contribution in [3.63, 3.8) is 0 Å². The van der Waals surface area contributed by atoms with E-state index in [9.17, 15) is 4.79 Å². The van der Waals surface area contributed by atoms with Gasteiger partial charge in [-0.25, -0.2) is 0 Å². The number of carbonyl (C=O) groups excluding carboxylic acids is 1. The molecule has 0 heterocycles. The molecule has 0 aliphatic heterocycles. The minimum absolute atomic E-state index is 0.253. The van der Waals surface area contributed by atoms with Gasteiger partial charge in [-0.15, -0.1) is 0 Å². The van der Waals surface area contributed by atoms with Gasteiger partial charge < -0.3 is 5.32 Å². The molecule has 1 atom stereocenters. The first-order valence-corrected chi connectivity index (χ1v) is 6.61. The number of hydrogen-bond donors (Lipinski definition) is 1. The van der Waals surface area contributed by atoms with Gasteiger partial charge in [-0.05, 0) is 44.1 Å². The molecule has 17 heavy (non-hydrogen) atoms. The van der Waals surface area contributed by atoms with E-state index in [1.807, 2.05) is 0 Å². The van der Waals surface area contributed by atoms with Crippen LogP contribution in [0.2, 0.25) is 0 Å². The molecule has 0 radical (unpaired) electrons. The summed E-state index contributed by atoms with van der Waals surface area (Å²) in [6, 6.07) is 8.84. The molecule has 0 unspecified atom stereocenters. The highest BCUT2D eigenvalue weighted by Gasteiger charge is 2.37. The summed E-state index contributed by atoms with van der Waals surface area (Å²) in [5.41, 5.74) is 2.55. The van der Waals surface area contributed by atoms with Crippen molar-refractivity contribution in [3.8, 4) is 0 Å². The van der Waals surface area contributed by atoms with Crippen molar-refractivity contribution >= 4 is 5.91 Å². The van der Waals surface area contributed by atoms with E-state index in [1.54, 1.807) is 0 Å². The molecule has 1 N–H and O–H groups in total. The molecular formula is C15H19NO. The highest BCUT2D eigenvalue weighted by molar-refractivity contribution is 5.81. The molecule has 2 aliphatic carbocycles. The van der Waals surface area contributed by atoms with Gasteiger partial charge in [0.1, 0.15) is 0 Å². The number of hydrogen-bond acceptors (Lipinski definition) is 1. The monoisotopic (exact) mass is 229 g/mol. The topological polar surface area (TPSA) is 29.1 Å². The van der Waals surface area contributed by atoms with Gasteiger partial charge in [-0.3, -0.25) is 4.79 Å². The molecule has 0 bridgehead atoms. The van der Waals surface area contributed by atoms with Crippen molar-refractivity contribution < 1.29 is 4.79 Å². The zero-order chi connectivity index (χ0) is 11.8. The molecular weight excluding hydrogens is 210 g/mol. The van der Waals surface area contributed by atoms with Gasteiger partial charge in [0, 0.05) is 5.92 Å². The fourth-order valence-electron chi connectivity index (χ4n) is 2.29. The van der Waals surface area contributed by atoms with Crippen LogP contribution in [0.1, 0.15) is 42.9 Å². The van der Waals surface area contributed by atoms with Crippen LogP contribution in [0.3, 0.4) is 0 Å². The molecule has 1 aromatic carbocycles. The molecule has 1 aromatic rings. The number of nitrogens with one attached hydrogen (secondary N) is 1. The van der Waals surface area contributed by atoms with Crippen LogP contribution in [0.25, 0.3) is 0 Å². The molecule has 2 fully saturated rings. The average Bonchev–Trinajstić information content (AvgIpc) is 3.18. The SMILES string of the molecule is Cc1ccc([C@@H](NC(=O)C2CC2)C2CC2)cc1. The Balaban J connectivity index is 1.74. The predicted molar refractivity (Wildman–Crippen MR) is 67.5 cm³/mol. The van der Waals surface area contributed by atoms with Crippen LogP contribution in [0.15, 0.2) is 24.3 Å². The summed E-state index contributed by atoms with van der Waals surface area (Å²) in [5.74, 6) is 1.24. The highest BCUT2D eigenvalue weighted by Crippen LogP contribution is 2.42. The molecule has 0 spiro atoms. The molecule has 2 heteroatoms. The lowest BCUT2D eigenvalue weighted by molar-refractivity contribution is -0.123. The van der Waals surface area contributed by atoms with Crippen LogP contribution in [-0.2, 0) is 4.79 Å². The Labute approximate surface area is 102 Å². The van der Waals surface area contributed by atoms with Crippen molar-refractivity contribution in [2.45, 2.75) is 38.6 Å². The van der Waals surface area contributed by atoms with E-state index >= 15 is 0 Å². The largest absolute Gasteiger partial charge is 0.349 e. The third-order valence-corrected chi connectivity index (χ3v) is 3.78. The van der Waals surface area contributed by atoms with E-state index in [1.165, 1.54) is 24.0 Å². The summed E-state index contributed by atoms with van der Waals surface area (Å²) in [6.07, 6.45) is 4.67. The second-order valence-corrected chi connectivity index (χ2v) is 5.51. The number of benzene rings is 1. The predicted octanol–water partition coefficient (Wildman–Crippen LogP) is 2.97. The van der Waals surface area contributed by atoms with E-state index in [2.05, 4.69) is 36.5 Å². The van der Waals surface area contributed by atoms with Gasteiger partial charge >= 0.3 is 0 Å². The lowest BCUT2D eigenvalue weighted by Crippen LogP contribution is -2.30. The fraction of sp³-hybridized carbons (Fsp3) is 0.533. The second-order valence-electron chi connectivity index (χ2n) is 5.51. The number of amides is 1. The Hall–Kier alpha value is -1.31. The average molecular weight is 229 g/mol. The van der Waals surface area contributed by atoms with Crippen LogP contribution >= 0.6 is 0 Å². The summed E-state index contributed by atoms with van der Waals surface area (Å²) >= 11 is 0. The van der Waals surface area contributed by atoms with Crippen molar-refractivity contribution in [1.82, 2.24) is 5.32 Å². The summed E-state index contributed by atoms with van der Waals surface area (Å²) in [5, 5.41) is 3.24. The van der Waals surface area contributed by atoms with Crippen LogP contribution < -0.4 is 5.32 Å². The molecule has 0 aromatic heterocycles. The first-order chi connectivity index (χ1) is 8.24. The molecule has 2 aliphatic rings. The van der Waals surface area contributed by atoms with Gasteiger partial charge in [0.2, 0.25) is 5.91 Å². The summed E-state index contributed by atoms with van der Waals surface area (Å²) in [6.45, 7) is 2.10. The van der Waals surface area contributed by atoms with E-state index in [-0.39, 0.29) is 11.9 Å². The number of carbonyl (C=O) groups is 1. The maximum absolute atomic E-state index is 11.9. The van der Waals surface area contributed by atoms with Crippen LogP contribution in [-0.4, -0.2) is 5.91 Å². The molecule has 1 amide bonds. The van der Waals surface area contributed by atoms with Crippen molar-refractivity contribution in [1.29, 1.82) is 0 Å².